The van der Waals surface area contributed by atoms with Crippen molar-refractivity contribution in [3.8, 4) is 11.5 Å². The molecule has 9 heteroatoms. The zero-order valence-electron chi connectivity index (χ0n) is 18.0. The van der Waals surface area contributed by atoms with Crippen molar-refractivity contribution in [2.24, 2.45) is 0 Å². The summed E-state index contributed by atoms with van der Waals surface area (Å²) in [5.41, 5.74) is 1.98. The van der Waals surface area contributed by atoms with Crippen molar-refractivity contribution in [1.29, 1.82) is 0 Å². The van der Waals surface area contributed by atoms with Gasteiger partial charge in [0, 0.05) is 13.1 Å². The summed E-state index contributed by atoms with van der Waals surface area (Å²) >= 11 is 0. The number of nitrogens with zero attached hydrogens (tertiary/aromatic N) is 4. The molecule has 1 atom stereocenters. The van der Waals surface area contributed by atoms with Crippen molar-refractivity contribution in [3.05, 3.63) is 72.7 Å². The van der Waals surface area contributed by atoms with Gasteiger partial charge in [0.2, 0.25) is 6.10 Å². The average molecular weight is 444 g/mol. The molecule has 3 heterocycles. The first-order valence-corrected chi connectivity index (χ1v) is 10.9. The molecule has 0 aliphatic carbocycles. The predicted octanol–water partition coefficient (Wildman–Crippen LogP) is 2.44. The fraction of sp³-hybridized carbons (Fsp3) is 0.250. The Labute approximate surface area is 190 Å². The third kappa shape index (κ3) is 4.72. The van der Waals surface area contributed by atoms with Crippen molar-refractivity contribution in [1.82, 2.24) is 25.1 Å². The highest BCUT2D eigenvalue weighted by Gasteiger charge is 2.26. The molecule has 1 unspecified atom stereocenters. The first kappa shape index (κ1) is 20.7. The number of amides is 1. The molecule has 2 aromatic heterocycles. The molecule has 168 valence electrons. The molecule has 0 radical (unpaired) electrons. The largest absolute Gasteiger partial charge is 0.485 e. The molecule has 1 aliphatic rings. The fourth-order valence-corrected chi connectivity index (χ4v) is 3.71. The quantitative estimate of drug-likeness (QED) is 0.430. The van der Waals surface area contributed by atoms with Gasteiger partial charge in [0.1, 0.15) is 18.8 Å². The average Bonchev–Trinajstić information content (AvgIpc) is 3.28. The SMILES string of the molecule is O=C(NCCn1ncc2c(NCCc3ccccc3)ncnc21)C1COc2ccccc2O1. The van der Waals surface area contributed by atoms with Crippen LogP contribution in [-0.4, -0.2) is 51.5 Å². The van der Waals surface area contributed by atoms with Gasteiger partial charge in [0.25, 0.3) is 5.91 Å². The molecule has 4 aromatic rings. The highest BCUT2D eigenvalue weighted by Crippen LogP contribution is 2.30. The van der Waals surface area contributed by atoms with Crippen LogP contribution in [-0.2, 0) is 17.8 Å². The van der Waals surface area contributed by atoms with Crippen LogP contribution in [0.2, 0.25) is 0 Å². The van der Waals surface area contributed by atoms with Crippen molar-refractivity contribution < 1.29 is 14.3 Å². The summed E-state index contributed by atoms with van der Waals surface area (Å²) in [7, 11) is 0. The van der Waals surface area contributed by atoms with Gasteiger partial charge in [0.05, 0.1) is 18.1 Å². The molecule has 0 saturated carbocycles. The van der Waals surface area contributed by atoms with Crippen LogP contribution in [0.5, 0.6) is 11.5 Å². The van der Waals surface area contributed by atoms with E-state index in [9.17, 15) is 4.79 Å². The number of hydrogen-bond acceptors (Lipinski definition) is 7. The monoisotopic (exact) mass is 444 g/mol. The lowest BCUT2D eigenvalue weighted by Crippen LogP contribution is -2.44. The van der Waals surface area contributed by atoms with E-state index in [1.165, 1.54) is 11.9 Å². The molecule has 2 aromatic carbocycles. The minimum absolute atomic E-state index is 0.179. The summed E-state index contributed by atoms with van der Waals surface area (Å²) in [6.45, 7) is 1.79. The van der Waals surface area contributed by atoms with E-state index in [2.05, 4.69) is 37.8 Å². The van der Waals surface area contributed by atoms with Gasteiger partial charge in [-0.2, -0.15) is 5.10 Å². The Morgan fingerprint density at radius 2 is 1.85 bits per heavy atom. The van der Waals surface area contributed by atoms with Crippen LogP contribution in [0.4, 0.5) is 5.82 Å². The third-order valence-corrected chi connectivity index (χ3v) is 5.41. The lowest BCUT2D eigenvalue weighted by Gasteiger charge is -2.25. The van der Waals surface area contributed by atoms with Crippen molar-refractivity contribution in [2.45, 2.75) is 19.1 Å². The molecule has 1 amide bonds. The summed E-state index contributed by atoms with van der Waals surface area (Å²) < 4.78 is 13.1. The van der Waals surface area contributed by atoms with E-state index in [4.69, 9.17) is 9.47 Å². The van der Waals surface area contributed by atoms with Gasteiger partial charge >= 0.3 is 0 Å². The molecule has 0 fully saturated rings. The third-order valence-electron chi connectivity index (χ3n) is 5.41. The Morgan fingerprint density at radius 1 is 1.03 bits per heavy atom. The molecule has 9 nitrogen and oxygen atoms in total. The first-order valence-electron chi connectivity index (χ1n) is 10.9. The topological polar surface area (TPSA) is 103 Å². The molecule has 1 aliphatic heterocycles. The molecular formula is C24H24N6O3. The molecule has 0 saturated heterocycles. The van der Waals surface area contributed by atoms with E-state index in [-0.39, 0.29) is 12.5 Å². The lowest BCUT2D eigenvalue weighted by molar-refractivity contribution is -0.130. The van der Waals surface area contributed by atoms with Gasteiger partial charge in [-0.15, -0.1) is 0 Å². The number of ether oxygens (including phenoxy) is 2. The van der Waals surface area contributed by atoms with E-state index in [1.54, 1.807) is 16.9 Å². The van der Waals surface area contributed by atoms with E-state index < -0.39 is 6.10 Å². The second kappa shape index (κ2) is 9.56. The van der Waals surface area contributed by atoms with Crippen LogP contribution in [0.3, 0.4) is 0 Å². The Morgan fingerprint density at radius 3 is 2.73 bits per heavy atom. The Bertz CT molecular complexity index is 1240. The molecule has 2 N–H and O–H groups in total. The van der Waals surface area contributed by atoms with Gasteiger partial charge in [-0.3, -0.25) is 4.79 Å². The molecule has 0 bridgehead atoms. The van der Waals surface area contributed by atoms with Crippen molar-refractivity contribution in [3.63, 3.8) is 0 Å². The molecule has 0 spiro atoms. The van der Waals surface area contributed by atoms with Crippen LogP contribution < -0.4 is 20.1 Å². The molecular weight excluding hydrogens is 420 g/mol. The number of rotatable bonds is 8. The molecule has 33 heavy (non-hydrogen) atoms. The number of hydrogen-bond donors (Lipinski definition) is 2. The van der Waals surface area contributed by atoms with Gasteiger partial charge in [0.15, 0.2) is 17.1 Å². The number of carbonyl (C=O) groups is 1. The summed E-state index contributed by atoms with van der Waals surface area (Å²) in [5, 5.41) is 11.5. The predicted molar refractivity (Wildman–Crippen MR) is 123 cm³/mol. The summed E-state index contributed by atoms with van der Waals surface area (Å²) in [6.07, 6.45) is 3.48. The smallest absolute Gasteiger partial charge is 0.264 e. The first-order chi connectivity index (χ1) is 16.3. The zero-order valence-corrected chi connectivity index (χ0v) is 18.0. The summed E-state index contributed by atoms with van der Waals surface area (Å²) in [4.78, 5) is 21.2. The van der Waals surface area contributed by atoms with Crippen molar-refractivity contribution in [2.75, 3.05) is 25.0 Å². The summed E-state index contributed by atoms with van der Waals surface area (Å²) in [5.74, 6) is 1.75. The maximum Gasteiger partial charge on any atom is 0.264 e. The lowest BCUT2D eigenvalue weighted by atomic mass is 10.1. The number of carbonyl (C=O) groups excluding carboxylic acids is 1. The van der Waals surface area contributed by atoms with Crippen LogP contribution in [0.1, 0.15) is 5.56 Å². The number of nitrogens with one attached hydrogen (secondary N) is 2. The maximum absolute atomic E-state index is 12.5. The second-order valence-electron chi connectivity index (χ2n) is 7.64. The number of para-hydroxylation sites is 2. The number of benzene rings is 2. The standard InChI is InChI=1S/C24H24N6O3/c31-24(21-15-32-19-8-4-5-9-20(19)33-21)26-12-13-30-23-18(14-29-30)22(27-16-28-23)25-11-10-17-6-2-1-3-7-17/h1-9,14,16,21H,10-13,15H2,(H,26,31)(H,25,27,28). The zero-order chi connectivity index (χ0) is 22.5. The normalized spacial score (nSPS) is 14.7. The van der Waals surface area contributed by atoms with Crippen molar-refractivity contribution >= 4 is 22.8 Å². The van der Waals surface area contributed by atoms with Gasteiger partial charge in [-0.25, -0.2) is 14.6 Å². The van der Waals surface area contributed by atoms with E-state index in [0.717, 1.165) is 24.2 Å². The van der Waals surface area contributed by atoms with E-state index in [1.807, 2.05) is 36.4 Å². The van der Waals surface area contributed by atoms with Crippen LogP contribution in [0.25, 0.3) is 11.0 Å². The Hall–Kier alpha value is -4.14. The number of aromatic nitrogens is 4. The maximum atomic E-state index is 12.5. The highest BCUT2D eigenvalue weighted by atomic mass is 16.6. The van der Waals surface area contributed by atoms with Crippen LogP contribution in [0, 0.1) is 0 Å². The number of anilines is 1. The Kier molecular flexibility index (Phi) is 6.01. The van der Waals surface area contributed by atoms with Gasteiger partial charge in [-0.1, -0.05) is 42.5 Å². The summed E-state index contributed by atoms with van der Waals surface area (Å²) in [6, 6.07) is 17.6. The fourth-order valence-electron chi connectivity index (χ4n) is 3.71. The second-order valence-corrected chi connectivity index (χ2v) is 7.64. The number of fused-ring (bicyclic) bond motifs is 2. The van der Waals surface area contributed by atoms with Crippen LogP contribution >= 0.6 is 0 Å². The van der Waals surface area contributed by atoms with Crippen LogP contribution in [0.15, 0.2) is 67.1 Å². The molecule has 5 rings (SSSR count). The van der Waals surface area contributed by atoms with E-state index >= 15 is 0 Å². The van der Waals surface area contributed by atoms with E-state index in [0.29, 0.717) is 30.2 Å². The minimum Gasteiger partial charge on any atom is -0.485 e. The van der Waals surface area contributed by atoms with Gasteiger partial charge < -0.3 is 20.1 Å². The Balaban J connectivity index is 1.15. The highest BCUT2D eigenvalue weighted by molar-refractivity contribution is 5.86. The van der Waals surface area contributed by atoms with Gasteiger partial charge in [-0.05, 0) is 24.1 Å². The minimum atomic E-state index is -0.683.